The fourth-order valence-corrected chi connectivity index (χ4v) is 1.50. The van der Waals surface area contributed by atoms with Gasteiger partial charge >= 0.3 is 87.5 Å². The van der Waals surface area contributed by atoms with E-state index in [1.54, 1.807) is 12.1 Å². The molecule has 3 nitrogen and oxygen atoms in total. The standard InChI is InChI=1S/C9H8NO2PS/c11-9(12)8(6-13-14)10-7-4-2-1-3-5-7/h1-5,8,10H,(H,11,12)/t8-/m0/s1. The van der Waals surface area contributed by atoms with Crippen LogP contribution in [0.1, 0.15) is 0 Å². The Morgan fingerprint density at radius 3 is 2.64 bits per heavy atom. The number of carboxylic acids is 1. The number of hydrogen-bond donors (Lipinski definition) is 2. The van der Waals surface area contributed by atoms with Crippen molar-refractivity contribution in [1.82, 2.24) is 0 Å². The molecule has 0 radical (unpaired) electrons. The first-order valence-electron chi connectivity index (χ1n) is 3.86. The summed E-state index contributed by atoms with van der Waals surface area (Å²) >= 11 is 4.62. The Morgan fingerprint density at radius 1 is 1.50 bits per heavy atom. The Kier molecular flexibility index (Phi) is 4.41. The SMILES string of the molecule is O=C(O)[C@H](C#P=S)Nc1ccccc1. The second-order valence-corrected chi connectivity index (χ2v) is 3.49. The van der Waals surface area contributed by atoms with E-state index in [0.29, 0.717) is 6.81 Å². The van der Waals surface area contributed by atoms with Crippen molar-refractivity contribution in [2.75, 3.05) is 5.32 Å². The number of nitrogens with one attached hydrogen (secondary N) is 1. The van der Waals surface area contributed by atoms with E-state index >= 15 is 0 Å². The molecular formula is C9H8NO2PS. The molecule has 0 saturated heterocycles. The molecule has 0 aliphatic rings. The number of rotatable bonds is 3. The van der Waals surface area contributed by atoms with Gasteiger partial charge in [0.1, 0.15) is 0 Å². The molecule has 0 aliphatic carbocycles. The van der Waals surface area contributed by atoms with Gasteiger partial charge in [-0.2, -0.15) is 0 Å². The molecule has 1 atom stereocenters. The van der Waals surface area contributed by atoms with Crippen molar-refractivity contribution in [1.29, 1.82) is 0 Å². The first-order chi connectivity index (χ1) is 6.74. The molecule has 0 aliphatic heterocycles. The zero-order chi connectivity index (χ0) is 10.4. The summed E-state index contributed by atoms with van der Waals surface area (Å²) < 4.78 is 0. The maximum absolute atomic E-state index is 10.7. The summed E-state index contributed by atoms with van der Waals surface area (Å²) in [4.78, 5) is 10.7. The van der Waals surface area contributed by atoms with Crippen molar-refractivity contribution < 1.29 is 9.90 Å². The van der Waals surface area contributed by atoms with E-state index in [-0.39, 0.29) is 0 Å². The van der Waals surface area contributed by atoms with E-state index in [9.17, 15) is 4.79 Å². The molecule has 1 aromatic rings. The molecule has 0 aromatic heterocycles. The molecule has 1 aromatic carbocycles. The topological polar surface area (TPSA) is 49.3 Å². The van der Waals surface area contributed by atoms with Gasteiger partial charge in [-0.3, -0.25) is 0 Å². The molecule has 0 amide bonds. The van der Waals surface area contributed by atoms with Gasteiger partial charge in [-0.1, -0.05) is 0 Å². The molecule has 0 bridgehead atoms. The van der Waals surface area contributed by atoms with E-state index in [1.165, 1.54) is 0 Å². The van der Waals surface area contributed by atoms with Crippen LogP contribution in [-0.4, -0.2) is 17.1 Å². The van der Waals surface area contributed by atoms with Crippen LogP contribution in [0.15, 0.2) is 30.3 Å². The van der Waals surface area contributed by atoms with Crippen molar-refractivity contribution >= 4 is 30.3 Å². The van der Waals surface area contributed by atoms with Crippen LogP contribution in [0.25, 0.3) is 0 Å². The van der Waals surface area contributed by atoms with Gasteiger partial charge < -0.3 is 0 Å². The summed E-state index contributed by atoms with van der Waals surface area (Å²) in [5.41, 5.74) is 3.35. The molecule has 0 unspecified atom stereocenters. The summed E-state index contributed by atoms with van der Waals surface area (Å²) in [6, 6.07) is 8.24. The Labute approximate surface area is 87.9 Å². The monoisotopic (exact) mass is 225 g/mol. The number of para-hydroxylation sites is 1. The second kappa shape index (κ2) is 5.61. The minimum atomic E-state index is -0.980. The van der Waals surface area contributed by atoms with Gasteiger partial charge in [0.05, 0.1) is 0 Å². The predicted octanol–water partition coefficient (Wildman–Crippen LogP) is 1.92. The summed E-state index contributed by atoms with van der Waals surface area (Å²) in [7, 11) is 0. The van der Waals surface area contributed by atoms with E-state index in [1.807, 2.05) is 18.2 Å². The fourth-order valence-electron chi connectivity index (χ4n) is 0.903. The van der Waals surface area contributed by atoms with Crippen molar-refractivity contribution in [2.24, 2.45) is 0 Å². The molecule has 5 heteroatoms. The summed E-state index contributed by atoms with van der Waals surface area (Å²) in [5, 5.41) is 11.6. The predicted molar refractivity (Wildman–Crippen MR) is 59.7 cm³/mol. The average Bonchev–Trinajstić information content (AvgIpc) is 2.18. The molecule has 72 valence electrons. The summed E-state index contributed by atoms with van der Waals surface area (Å²) in [5.74, 6) is -0.980. The number of hydrogen-bond acceptors (Lipinski definition) is 3. The van der Waals surface area contributed by atoms with Crippen LogP contribution in [-0.2, 0) is 16.6 Å². The quantitative estimate of drug-likeness (QED) is 0.771. The van der Waals surface area contributed by atoms with Gasteiger partial charge in [-0.15, -0.1) is 0 Å². The van der Waals surface area contributed by atoms with Gasteiger partial charge in [0, 0.05) is 0 Å². The Bertz CT molecular complexity index is 415. The van der Waals surface area contributed by atoms with Crippen molar-refractivity contribution in [2.45, 2.75) is 6.04 Å². The molecule has 2 N–H and O–H groups in total. The van der Waals surface area contributed by atoms with Gasteiger partial charge in [-0.05, 0) is 0 Å². The van der Waals surface area contributed by atoms with Crippen molar-refractivity contribution in [3.05, 3.63) is 30.3 Å². The van der Waals surface area contributed by atoms with Crippen molar-refractivity contribution in [3.8, 4) is 5.63 Å². The van der Waals surface area contributed by atoms with Crippen LogP contribution in [0, 0.1) is 5.63 Å². The number of aliphatic carboxylic acids is 1. The van der Waals surface area contributed by atoms with E-state index in [2.05, 4.69) is 22.8 Å². The number of anilines is 1. The third kappa shape index (κ3) is 3.35. The van der Waals surface area contributed by atoms with E-state index < -0.39 is 12.0 Å². The van der Waals surface area contributed by atoms with Crippen molar-refractivity contribution in [3.63, 3.8) is 0 Å². The minimum absolute atomic E-state index is 0.410. The van der Waals surface area contributed by atoms with Crippen LogP contribution >= 0.6 is 6.81 Å². The van der Waals surface area contributed by atoms with Crippen LogP contribution in [0.2, 0.25) is 0 Å². The first-order valence-corrected chi connectivity index (χ1v) is 5.77. The second-order valence-electron chi connectivity index (χ2n) is 2.50. The van der Waals surface area contributed by atoms with Gasteiger partial charge in [-0.25, -0.2) is 0 Å². The van der Waals surface area contributed by atoms with Crippen LogP contribution in [0.4, 0.5) is 5.69 Å². The molecule has 14 heavy (non-hydrogen) atoms. The third-order valence-corrected chi connectivity index (χ3v) is 2.19. The van der Waals surface area contributed by atoms with Gasteiger partial charge in [0.25, 0.3) is 0 Å². The number of carbonyl (C=O) groups is 1. The molecule has 1 rings (SSSR count). The van der Waals surface area contributed by atoms with E-state index in [0.717, 1.165) is 5.69 Å². The van der Waals surface area contributed by atoms with Crippen LogP contribution < -0.4 is 5.32 Å². The molecule has 0 fully saturated rings. The number of carboxylic acid groups (broad SMARTS) is 1. The Morgan fingerprint density at radius 2 is 2.14 bits per heavy atom. The summed E-state index contributed by atoms with van der Waals surface area (Å²) in [6.07, 6.45) is 0. The molecule has 0 spiro atoms. The summed E-state index contributed by atoms with van der Waals surface area (Å²) in [6.45, 7) is 0.410. The number of benzene rings is 1. The molecular weight excluding hydrogens is 217 g/mol. The zero-order valence-corrected chi connectivity index (χ0v) is 8.89. The molecule has 0 heterocycles. The normalized spacial score (nSPS) is 11.1. The Balaban J connectivity index is 2.78. The maximum atomic E-state index is 10.7. The van der Waals surface area contributed by atoms with E-state index in [4.69, 9.17) is 5.11 Å². The zero-order valence-electron chi connectivity index (χ0n) is 7.18. The molecule has 0 saturated carbocycles. The van der Waals surface area contributed by atoms with Gasteiger partial charge in [0.2, 0.25) is 0 Å². The van der Waals surface area contributed by atoms with Crippen LogP contribution in [0.3, 0.4) is 0 Å². The van der Waals surface area contributed by atoms with Gasteiger partial charge in [0.15, 0.2) is 0 Å². The average molecular weight is 225 g/mol. The van der Waals surface area contributed by atoms with Crippen LogP contribution in [0.5, 0.6) is 0 Å². The fraction of sp³-hybridized carbons (Fsp3) is 0.111. The Hall–Kier alpha value is -1.08. The third-order valence-electron chi connectivity index (χ3n) is 1.51. The first kappa shape index (κ1) is 11.0.